The molecule has 0 aliphatic carbocycles. The molecule has 19 heteroatoms. The minimum absolute atomic E-state index is 0.0388. The van der Waals surface area contributed by atoms with Crippen LogP contribution in [0.1, 0.15) is 16.8 Å². The van der Waals surface area contributed by atoms with Gasteiger partial charge in [-0.15, -0.1) is 11.6 Å². The number of benzene rings is 1. The number of carbonyl (C=O) groups excluding carboxylic acids is 1. The average molecular weight is 549 g/mol. The molecule has 0 spiro atoms. The smallest absolute Gasteiger partial charge is 0.377 e. The van der Waals surface area contributed by atoms with Crippen LogP contribution in [0.2, 0.25) is 0 Å². The lowest BCUT2D eigenvalue weighted by Crippen LogP contribution is -2.27. The Morgan fingerprint density at radius 3 is 2.35 bits per heavy atom. The lowest BCUT2D eigenvalue weighted by molar-refractivity contribution is -0.394. The minimum atomic E-state index is -4.34. The fraction of sp³-hybridized carbons (Fsp3) is 0.533. The molecule has 1 aromatic rings. The van der Waals surface area contributed by atoms with Gasteiger partial charge in [-0.1, -0.05) is 0 Å². The maximum Gasteiger partial charge on any atom is 0.472 e. The quantitative estimate of drug-likeness (QED) is 0.0663. The van der Waals surface area contributed by atoms with Crippen LogP contribution in [0.4, 0.5) is 17.1 Å². The van der Waals surface area contributed by atoms with E-state index in [1.54, 1.807) is 0 Å². The molecule has 0 fully saturated rings. The lowest BCUT2D eigenvalue weighted by Gasteiger charge is -2.12. The summed E-state index contributed by atoms with van der Waals surface area (Å²) < 4.78 is 47.1. The molecule has 0 aliphatic heterocycles. The predicted octanol–water partition coefficient (Wildman–Crippen LogP) is 1.38. The molecule has 1 atom stereocenters. The number of hydrogen-bond donors (Lipinski definition) is 3. The van der Waals surface area contributed by atoms with E-state index in [2.05, 4.69) is 23.9 Å². The third-order valence-electron chi connectivity index (χ3n) is 3.67. The van der Waals surface area contributed by atoms with Crippen molar-refractivity contribution in [2.24, 2.45) is 0 Å². The van der Waals surface area contributed by atoms with Crippen molar-refractivity contribution in [1.82, 2.24) is 5.32 Å². The summed E-state index contributed by atoms with van der Waals surface area (Å²) >= 11 is 5.33. The number of hydrogen-bond acceptors (Lipinski definition) is 12. The molecular formula is C15H22ClN4O12PS. The predicted molar refractivity (Wildman–Crippen MR) is 118 cm³/mol. The zero-order valence-electron chi connectivity index (χ0n) is 17.7. The van der Waals surface area contributed by atoms with Crippen molar-refractivity contribution in [3.8, 4) is 0 Å². The maximum absolute atomic E-state index is 12.6. The molecule has 192 valence electrons. The first kappa shape index (κ1) is 29.6. The van der Waals surface area contributed by atoms with Gasteiger partial charge in [-0.05, 0) is 12.5 Å². The number of halogens is 1. The second kappa shape index (κ2) is 13.5. The molecule has 0 bridgehead atoms. The number of phosphoric ester groups is 1. The Labute approximate surface area is 198 Å². The standard InChI is InChI=1S/C15H22ClN4O12PS/c1-34(28,29)32-10-7-17-11-3-4-12(19(22)23)13(14(11)20(24)25)15(21)18-6-2-8-30-33(26,27)31-9-5-16/h3-4,17H,2,5-10H2,1H3,(H,18,21)(H,26,27). The summed E-state index contributed by atoms with van der Waals surface area (Å²) in [6, 6.07) is 1.88. The summed E-state index contributed by atoms with van der Waals surface area (Å²) in [5, 5.41) is 27.7. The number of nitro benzene ring substituents is 2. The number of anilines is 1. The Kier molecular flexibility index (Phi) is 11.7. The minimum Gasteiger partial charge on any atom is -0.377 e. The molecule has 34 heavy (non-hydrogen) atoms. The number of rotatable bonds is 16. The van der Waals surface area contributed by atoms with E-state index >= 15 is 0 Å². The molecule has 0 aliphatic rings. The Bertz CT molecular complexity index is 1050. The van der Waals surface area contributed by atoms with Gasteiger partial charge in [-0.25, -0.2) is 4.57 Å². The highest BCUT2D eigenvalue weighted by molar-refractivity contribution is 7.85. The highest BCUT2D eigenvalue weighted by Gasteiger charge is 2.34. The van der Waals surface area contributed by atoms with Crippen LogP contribution in [0.15, 0.2) is 12.1 Å². The Morgan fingerprint density at radius 2 is 1.79 bits per heavy atom. The summed E-state index contributed by atoms with van der Waals surface area (Å²) in [4.78, 5) is 42.9. The van der Waals surface area contributed by atoms with E-state index in [0.717, 1.165) is 18.4 Å². The van der Waals surface area contributed by atoms with Crippen molar-refractivity contribution in [2.45, 2.75) is 6.42 Å². The Balaban J connectivity index is 2.94. The molecule has 0 aromatic heterocycles. The van der Waals surface area contributed by atoms with Crippen molar-refractivity contribution in [3.63, 3.8) is 0 Å². The van der Waals surface area contributed by atoms with Gasteiger partial charge in [0.25, 0.3) is 21.7 Å². The molecule has 0 saturated carbocycles. The van der Waals surface area contributed by atoms with Crippen LogP contribution < -0.4 is 10.6 Å². The number of alkyl halides is 1. The molecule has 0 heterocycles. The monoisotopic (exact) mass is 548 g/mol. The van der Waals surface area contributed by atoms with Gasteiger partial charge in [-0.3, -0.25) is 38.3 Å². The van der Waals surface area contributed by atoms with E-state index in [0.29, 0.717) is 0 Å². The van der Waals surface area contributed by atoms with E-state index in [-0.39, 0.29) is 44.3 Å². The molecule has 3 N–H and O–H groups in total. The topological polar surface area (TPSA) is 227 Å². The van der Waals surface area contributed by atoms with Gasteiger partial charge in [0.15, 0.2) is 5.56 Å². The molecule has 1 amide bonds. The zero-order chi connectivity index (χ0) is 25.9. The summed E-state index contributed by atoms with van der Waals surface area (Å²) in [5.41, 5.74) is -2.87. The average Bonchev–Trinajstić information content (AvgIpc) is 2.73. The molecule has 0 saturated heterocycles. The summed E-state index contributed by atoms with van der Waals surface area (Å²) in [6.45, 7) is -1.41. The number of phosphoric acid groups is 1. The van der Waals surface area contributed by atoms with E-state index in [1.165, 1.54) is 0 Å². The molecule has 1 rings (SSSR count). The van der Waals surface area contributed by atoms with Crippen molar-refractivity contribution in [3.05, 3.63) is 37.9 Å². The second-order valence-electron chi connectivity index (χ2n) is 6.26. The van der Waals surface area contributed by atoms with Crippen LogP contribution in [-0.4, -0.2) is 74.1 Å². The van der Waals surface area contributed by atoms with Crippen LogP contribution >= 0.6 is 19.4 Å². The first-order chi connectivity index (χ1) is 15.8. The van der Waals surface area contributed by atoms with Crippen molar-refractivity contribution in [2.75, 3.05) is 50.4 Å². The van der Waals surface area contributed by atoms with Crippen molar-refractivity contribution < 1.29 is 45.7 Å². The third-order valence-corrected chi connectivity index (χ3v) is 5.44. The second-order valence-corrected chi connectivity index (χ2v) is 9.73. The first-order valence-electron chi connectivity index (χ1n) is 9.29. The van der Waals surface area contributed by atoms with Gasteiger partial charge in [0.1, 0.15) is 5.69 Å². The molecule has 16 nitrogen and oxygen atoms in total. The van der Waals surface area contributed by atoms with Gasteiger partial charge in [0.2, 0.25) is 0 Å². The molecule has 0 radical (unpaired) electrons. The normalized spacial score (nSPS) is 13.1. The Hall–Kier alpha value is -2.40. The highest BCUT2D eigenvalue weighted by atomic mass is 35.5. The number of nitro groups is 2. The van der Waals surface area contributed by atoms with Crippen LogP contribution in [0.25, 0.3) is 0 Å². The number of carbonyl (C=O) groups is 1. The number of nitrogens with one attached hydrogen (secondary N) is 2. The van der Waals surface area contributed by atoms with E-state index in [9.17, 15) is 42.9 Å². The zero-order valence-corrected chi connectivity index (χ0v) is 20.1. The van der Waals surface area contributed by atoms with E-state index < -0.39 is 57.2 Å². The van der Waals surface area contributed by atoms with Crippen LogP contribution in [0.3, 0.4) is 0 Å². The summed E-state index contributed by atoms with van der Waals surface area (Å²) in [5.74, 6) is -1.19. The van der Waals surface area contributed by atoms with Gasteiger partial charge >= 0.3 is 13.5 Å². The molecule has 1 unspecified atom stereocenters. The lowest BCUT2D eigenvalue weighted by atomic mass is 10.1. The largest absolute Gasteiger partial charge is 0.472 e. The summed E-state index contributed by atoms with van der Waals surface area (Å²) in [6.07, 6.45) is 0.768. The molecule has 1 aromatic carbocycles. The number of amides is 1. The summed E-state index contributed by atoms with van der Waals surface area (Å²) in [7, 11) is -8.09. The van der Waals surface area contributed by atoms with Gasteiger partial charge in [0, 0.05) is 25.0 Å². The molecular weight excluding hydrogens is 527 g/mol. The first-order valence-corrected chi connectivity index (χ1v) is 13.1. The van der Waals surface area contributed by atoms with Crippen molar-refractivity contribution in [1.29, 1.82) is 0 Å². The van der Waals surface area contributed by atoms with Crippen LogP contribution in [0, 0.1) is 20.2 Å². The third kappa shape index (κ3) is 10.3. The van der Waals surface area contributed by atoms with Gasteiger partial charge in [-0.2, -0.15) is 8.42 Å². The van der Waals surface area contributed by atoms with Crippen LogP contribution in [0.5, 0.6) is 0 Å². The fourth-order valence-electron chi connectivity index (χ4n) is 2.40. The van der Waals surface area contributed by atoms with Crippen molar-refractivity contribution >= 4 is 52.5 Å². The highest BCUT2D eigenvalue weighted by Crippen LogP contribution is 2.43. The van der Waals surface area contributed by atoms with E-state index in [1.807, 2.05) is 0 Å². The van der Waals surface area contributed by atoms with Crippen LogP contribution in [-0.2, 0) is 27.9 Å². The maximum atomic E-state index is 12.6. The van der Waals surface area contributed by atoms with Gasteiger partial charge < -0.3 is 15.5 Å². The number of nitrogens with zero attached hydrogens (tertiary/aromatic N) is 2. The van der Waals surface area contributed by atoms with E-state index in [4.69, 9.17) is 11.6 Å². The van der Waals surface area contributed by atoms with Gasteiger partial charge in [0.05, 0.1) is 35.9 Å². The SMILES string of the molecule is CS(=O)(=O)OCCNc1ccc([N+](=O)[O-])c(C(=O)NCCCOP(=O)(O)OCCCl)c1[N+](=O)[O-]. The fourth-order valence-corrected chi connectivity index (χ4v) is 3.72. The Morgan fingerprint density at radius 1 is 1.15 bits per heavy atom.